The molecule has 0 aromatic rings. The minimum atomic E-state index is -0.226. The smallest absolute Gasteiger partial charge is 0.223 e. The van der Waals surface area contributed by atoms with Gasteiger partial charge in [-0.15, -0.1) is 0 Å². The highest BCUT2D eigenvalue weighted by molar-refractivity contribution is 5.76. The van der Waals surface area contributed by atoms with Gasteiger partial charge in [0.05, 0.1) is 18.8 Å². The van der Waals surface area contributed by atoms with E-state index in [1.807, 2.05) is 11.8 Å². The lowest BCUT2D eigenvalue weighted by molar-refractivity contribution is -0.148. The predicted octanol–water partition coefficient (Wildman–Crippen LogP) is 0.750. The fourth-order valence-electron chi connectivity index (χ4n) is 3.40. The average Bonchev–Trinajstić information content (AvgIpc) is 2.47. The van der Waals surface area contributed by atoms with Gasteiger partial charge in [0.2, 0.25) is 5.91 Å². The Morgan fingerprint density at radius 1 is 1.25 bits per heavy atom. The van der Waals surface area contributed by atoms with Gasteiger partial charge in [-0.25, -0.2) is 0 Å². The molecule has 0 bridgehead atoms. The molecule has 2 atom stereocenters. The van der Waals surface area contributed by atoms with Gasteiger partial charge in [0.1, 0.15) is 0 Å². The summed E-state index contributed by atoms with van der Waals surface area (Å²) in [7, 11) is 0. The van der Waals surface area contributed by atoms with Gasteiger partial charge < -0.3 is 20.5 Å². The standard InChI is InChI=1S/C15H28N2O3/c1-11-8-17(9-14(10-18)20-11)15(19)6-12-2-4-13(7-16)5-3-12/h11-14,18H,2-10,16H2,1H3. The van der Waals surface area contributed by atoms with Crippen molar-refractivity contribution in [2.75, 3.05) is 26.2 Å². The fraction of sp³-hybridized carbons (Fsp3) is 0.933. The molecule has 5 heteroatoms. The number of nitrogens with zero attached hydrogens (tertiary/aromatic N) is 1. The first-order chi connectivity index (χ1) is 9.62. The van der Waals surface area contributed by atoms with E-state index < -0.39 is 0 Å². The van der Waals surface area contributed by atoms with Gasteiger partial charge >= 0.3 is 0 Å². The molecule has 1 aliphatic carbocycles. The summed E-state index contributed by atoms with van der Waals surface area (Å²) < 4.78 is 5.58. The molecule has 1 heterocycles. The highest BCUT2D eigenvalue weighted by atomic mass is 16.5. The molecule has 2 rings (SSSR count). The average molecular weight is 284 g/mol. The van der Waals surface area contributed by atoms with Crippen LogP contribution in [0.4, 0.5) is 0 Å². The summed E-state index contributed by atoms with van der Waals surface area (Å²) in [5, 5.41) is 9.21. The third-order valence-electron chi connectivity index (χ3n) is 4.65. The minimum absolute atomic E-state index is 0.0119. The molecule has 20 heavy (non-hydrogen) atoms. The number of hydrogen-bond acceptors (Lipinski definition) is 4. The van der Waals surface area contributed by atoms with Crippen LogP contribution in [0.3, 0.4) is 0 Å². The SMILES string of the molecule is CC1CN(C(=O)CC2CCC(CN)CC2)CC(CO)O1. The van der Waals surface area contributed by atoms with E-state index in [0.29, 0.717) is 31.3 Å². The Kier molecular flexibility index (Phi) is 5.81. The summed E-state index contributed by atoms with van der Waals surface area (Å²) >= 11 is 0. The number of carbonyl (C=O) groups excluding carboxylic acids is 1. The second-order valence-electron chi connectivity index (χ2n) is 6.38. The van der Waals surface area contributed by atoms with Crippen LogP contribution in [0, 0.1) is 11.8 Å². The number of amides is 1. The van der Waals surface area contributed by atoms with E-state index in [0.717, 1.165) is 32.2 Å². The molecule has 5 nitrogen and oxygen atoms in total. The molecule has 2 unspecified atom stereocenters. The van der Waals surface area contributed by atoms with Crippen LogP contribution >= 0.6 is 0 Å². The Labute approximate surface area is 121 Å². The Bertz CT molecular complexity index is 316. The zero-order valence-corrected chi connectivity index (χ0v) is 12.5. The Balaban J connectivity index is 1.79. The first-order valence-corrected chi connectivity index (χ1v) is 7.86. The molecule has 1 saturated carbocycles. The first kappa shape index (κ1) is 15.7. The van der Waals surface area contributed by atoms with E-state index in [1.165, 1.54) is 0 Å². The van der Waals surface area contributed by atoms with Gasteiger partial charge in [-0.05, 0) is 51.0 Å². The lowest BCUT2D eigenvalue weighted by atomic mass is 9.80. The van der Waals surface area contributed by atoms with Gasteiger partial charge in [-0.1, -0.05) is 0 Å². The van der Waals surface area contributed by atoms with Gasteiger partial charge in [-0.3, -0.25) is 4.79 Å². The lowest BCUT2D eigenvalue weighted by Crippen LogP contribution is -2.50. The van der Waals surface area contributed by atoms with Gasteiger partial charge in [-0.2, -0.15) is 0 Å². The van der Waals surface area contributed by atoms with Crippen LogP contribution in [0.5, 0.6) is 0 Å². The molecule has 3 N–H and O–H groups in total. The highest BCUT2D eigenvalue weighted by Gasteiger charge is 2.30. The van der Waals surface area contributed by atoms with Crippen LogP contribution in [0.2, 0.25) is 0 Å². The van der Waals surface area contributed by atoms with Crippen molar-refractivity contribution in [3.8, 4) is 0 Å². The van der Waals surface area contributed by atoms with E-state index >= 15 is 0 Å². The molecular formula is C15H28N2O3. The molecule has 0 aromatic heterocycles. The zero-order chi connectivity index (χ0) is 14.5. The van der Waals surface area contributed by atoms with E-state index in [9.17, 15) is 9.90 Å². The number of rotatable bonds is 4. The lowest BCUT2D eigenvalue weighted by Gasteiger charge is -2.37. The van der Waals surface area contributed by atoms with Crippen LogP contribution in [0.25, 0.3) is 0 Å². The van der Waals surface area contributed by atoms with Crippen molar-refractivity contribution < 1.29 is 14.6 Å². The summed E-state index contributed by atoms with van der Waals surface area (Å²) in [6.45, 7) is 3.88. The number of aliphatic hydroxyl groups is 1. The second kappa shape index (κ2) is 7.38. The van der Waals surface area contributed by atoms with Crippen LogP contribution in [-0.4, -0.2) is 54.4 Å². The zero-order valence-electron chi connectivity index (χ0n) is 12.5. The fourth-order valence-corrected chi connectivity index (χ4v) is 3.40. The molecule has 0 aromatic carbocycles. The number of morpholine rings is 1. The maximum atomic E-state index is 12.4. The number of nitrogens with two attached hydrogens (primary N) is 1. The normalized spacial score (nSPS) is 35.0. The minimum Gasteiger partial charge on any atom is -0.394 e. The van der Waals surface area contributed by atoms with Crippen molar-refractivity contribution in [3.63, 3.8) is 0 Å². The molecule has 1 saturated heterocycles. The van der Waals surface area contributed by atoms with Crippen molar-refractivity contribution in [3.05, 3.63) is 0 Å². The molecule has 2 fully saturated rings. The van der Waals surface area contributed by atoms with Crippen molar-refractivity contribution in [1.82, 2.24) is 4.90 Å². The highest BCUT2D eigenvalue weighted by Crippen LogP contribution is 2.30. The molecule has 0 spiro atoms. The Morgan fingerprint density at radius 3 is 2.50 bits per heavy atom. The molecule has 2 aliphatic rings. The predicted molar refractivity (Wildman–Crippen MR) is 77.1 cm³/mol. The Morgan fingerprint density at radius 2 is 1.90 bits per heavy atom. The van der Waals surface area contributed by atoms with Gasteiger partial charge in [0.15, 0.2) is 0 Å². The summed E-state index contributed by atoms with van der Waals surface area (Å²) in [6, 6.07) is 0. The summed E-state index contributed by atoms with van der Waals surface area (Å²) in [5.41, 5.74) is 5.70. The molecular weight excluding hydrogens is 256 g/mol. The van der Waals surface area contributed by atoms with Crippen LogP contribution in [0.15, 0.2) is 0 Å². The quantitative estimate of drug-likeness (QED) is 0.799. The summed E-state index contributed by atoms with van der Waals surface area (Å²) in [4.78, 5) is 14.3. The van der Waals surface area contributed by atoms with Crippen molar-refractivity contribution >= 4 is 5.91 Å². The maximum Gasteiger partial charge on any atom is 0.223 e. The van der Waals surface area contributed by atoms with E-state index in [1.54, 1.807) is 0 Å². The van der Waals surface area contributed by atoms with Crippen LogP contribution in [-0.2, 0) is 9.53 Å². The molecule has 1 aliphatic heterocycles. The van der Waals surface area contributed by atoms with E-state index in [4.69, 9.17) is 10.5 Å². The molecule has 116 valence electrons. The maximum absolute atomic E-state index is 12.4. The molecule has 0 radical (unpaired) electrons. The molecule has 1 amide bonds. The van der Waals surface area contributed by atoms with E-state index in [-0.39, 0.29) is 24.7 Å². The summed E-state index contributed by atoms with van der Waals surface area (Å²) in [6.07, 6.45) is 4.99. The van der Waals surface area contributed by atoms with Crippen molar-refractivity contribution in [2.24, 2.45) is 17.6 Å². The number of hydrogen-bond donors (Lipinski definition) is 2. The number of carbonyl (C=O) groups is 1. The van der Waals surface area contributed by atoms with Crippen LogP contribution < -0.4 is 5.73 Å². The monoisotopic (exact) mass is 284 g/mol. The third-order valence-corrected chi connectivity index (χ3v) is 4.65. The number of ether oxygens (including phenoxy) is 1. The third kappa shape index (κ3) is 4.17. The summed E-state index contributed by atoms with van der Waals surface area (Å²) in [5.74, 6) is 1.38. The van der Waals surface area contributed by atoms with Gasteiger partial charge in [0, 0.05) is 19.5 Å². The van der Waals surface area contributed by atoms with Gasteiger partial charge in [0.25, 0.3) is 0 Å². The second-order valence-corrected chi connectivity index (χ2v) is 6.38. The van der Waals surface area contributed by atoms with Crippen molar-refractivity contribution in [2.45, 2.75) is 51.2 Å². The topological polar surface area (TPSA) is 75.8 Å². The largest absolute Gasteiger partial charge is 0.394 e. The first-order valence-electron chi connectivity index (χ1n) is 7.86. The van der Waals surface area contributed by atoms with Crippen molar-refractivity contribution in [1.29, 1.82) is 0 Å². The van der Waals surface area contributed by atoms with Crippen LogP contribution in [0.1, 0.15) is 39.0 Å². The number of aliphatic hydroxyl groups excluding tert-OH is 1. The Hall–Kier alpha value is -0.650. The van der Waals surface area contributed by atoms with E-state index in [2.05, 4.69) is 0 Å².